The first-order chi connectivity index (χ1) is 9.17. The van der Waals surface area contributed by atoms with Crippen LogP contribution in [0.15, 0.2) is 24.3 Å². The Labute approximate surface area is 115 Å². The highest BCUT2D eigenvalue weighted by molar-refractivity contribution is 5.73. The van der Waals surface area contributed by atoms with Crippen molar-refractivity contribution >= 4 is 11.6 Å². The molecule has 0 heterocycles. The molecule has 0 bridgehead atoms. The van der Waals surface area contributed by atoms with E-state index < -0.39 is 0 Å². The van der Waals surface area contributed by atoms with Crippen molar-refractivity contribution in [3.8, 4) is 5.75 Å². The maximum atomic E-state index is 10.7. The largest absolute Gasteiger partial charge is 0.491 e. The molecule has 0 aliphatic heterocycles. The number of primary amides is 1. The highest BCUT2D eigenvalue weighted by Gasteiger charge is 2.09. The highest BCUT2D eigenvalue weighted by atomic mass is 16.5. The average Bonchev–Trinajstić information content (AvgIpc) is 2.39. The highest BCUT2D eigenvalue weighted by Crippen LogP contribution is 2.25. The molecule has 1 atom stereocenters. The molecule has 0 aliphatic rings. The first kappa shape index (κ1) is 15.3. The van der Waals surface area contributed by atoms with Gasteiger partial charge in [0.15, 0.2) is 0 Å². The van der Waals surface area contributed by atoms with Gasteiger partial charge in [0.05, 0.1) is 18.7 Å². The Hall–Kier alpha value is -1.71. The van der Waals surface area contributed by atoms with E-state index >= 15 is 0 Å². The molecule has 0 saturated carbocycles. The smallest absolute Gasteiger partial charge is 0.220 e. The number of amides is 1. The summed E-state index contributed by atoms with van der Waals surface area (Å²) in [5.41, 5.74) is 6.08. The second-order valence-electron chi connectivity index (χ2n) is 4.60. The van der Waals surface area contributed by atoms with Crippen molar-refractivity contribution in [2.75, 3.05) is 11.9 Å². The molecule has 19 heavy (non-hydrogen) atoms. The van der Waals surface area contributed by atoms with E-state index in [1.54, 1.807) is 0 Å². The molecule has 0 saturated heterocycles. The predicted molar refractivity (Wildman–Crippen MR) is 78.4 cm³/mol. The number of nitrogens with one attached hydrogen (secondary N) is 1. The molecule has 3 N–H and O–H groups in total. The van der Waals surface area contributed by atoms with Crippen molar-refractivity contribution in [2.45, 2.75) is 45.6 Å². The number of ether oxygens (including phenoxy) is 1. The molecule has 0 fully saturated rings. The fraction of sp³-hybridized carbons (Fsp3) is 0.533. The zero-order valence-electron chi connectivity index (χ0n) is 11.8. The number of hydrogen-bond acceptors (Lipinski definition) is 3. The Balaban J connectivity index is 2.63. The first-order valence-electron chi connectivity index (χ1n) is 6.94. The zero-order valence-corrected chi connectivity index (χ0v) is 11.8. The summed E-state index contributed by atoms with van der Waals surface area (Å²) < 4.78 is 5.61. The summed E-state index contributed by atoms with van der Waals surface area (Å²) in [7, 11) is 0. The molecule has 0 spiro atoms. The average molecular weight is 264 g/mol. The number of anilines is 1. The molecule has 0 radical (unpaired) electrons. The van der Waals surface area contributed by atoms with E-state index in [1.165, 1.54) is 0 Å². The van der Waals surface area contributed by atoms with Gasteiger partial charge in [-0.05, 0) is 25.0 Å². The van der Waals surface area contributed by atoms with Crippen molar-refractivity contribution in [1.82, 2.24) is 0 Å². The zero-order chi connectivity index (χ0) is 14.1. The van der Waals surface area contributed by atoms with E-state index in [2.05, 4.69) is 19.2 Å². The van der Waals surface area contributed by atoms with Gasteiger partial charge in [-0.15, -0.1) is 0 Å². The van der Waals surface area contributed by atoms with Crippen LogP contribution in [-0.2, 0) is 4.79 Å². The number of hydrogen-bond donors (Lipinski definition) is 2. The summed E-state index contributed by atoms with van der Waals surface area (Å²) in [4.78, 5) is 10.7. The molecule has 1 rings (SSSR count). The Morgan fingerprint density at radius 2 is 2.11 bits per heavy atom. The standard InChI is InChI=1S/C15H24N2O2/c1-3-7-12(4-2)17-13-8-5-6-9-14(13)19-11-10-15(16)18/h5-6,8-9,12,17H,3-4,7,10-11H2,1-2H3,(H2,16,18). The Bertz CT molecular complexity index is 393. The third-order valence-electron chi connectivity index (χ3n) is 2.98. The van der Waals surface area contributed by atoms with Crippen LogP contribution in [0.5, 0.6) is 5.75 Å². The minimum atomic E-state index is -0.345. The normalized spacial score (nSPS) is 11.9. The SMILES string of the molecule is CCCC(CC)Nc1ccccc1OCCC(N)=O. The van der Waals surface area contributed by atoms with Gasteiger partial charge in [0.1, 0.15) is 5.75 Å². The van der Waals surface area contributed by atoms with Crippen LogP contribution in [0.2, 0.25) is 0 Å². The Morgan fingerprint density at radius 3 is 2.74 bits per heavy atom. The van der Waals surface area contributed by atoms with Crippen molar-refractivity contribution in [3.05, 3.63) is 24.3 Å². The minimum absolute atomic E-state index is 0.237. The number of benzene rings is 1. The third-order valence-corrected chi connectivity index (χ3v) is 2.98. The first-order valence-corrected chi connectivity index (χ1v) is 6.94. The van der Waals surface area contributed by atoms with Gasteiger partial charge in [-0.25, -0.2) is 0 Å². The maximum absolute atomic E-state index is 10.7. The van der Waals surface area contributed by atoms with E-state index in [4.69, 9.17) is 10.5 Å². The van der Waals surface area contributed by atoms with Crippen LogP contribution >= 0.6 is 0 Å². The molecule has 106 valence electrons. The van der Waals surface area contributed by atoms with Gasteiger partial charge in [0.25, 0.3) is 0 Å². The van der Waals surface area contributed by atoms with E-state index in [0.717, 1.165) is 30.7 Å². The van der Waals surface area contributed by atoms with Crippen LogP contribution in [0.1, 0.15) is 39.5 Å². The summed E-state index contributed by atoms with van der Waals surface area (Å²) in [5.74, 6) is 0.432. The van der Waals surface area contributed by atoms with Crippen LogP contribution < -0.4 is 15.8 Å². The minimum Gasteiger partial charge on any atom is -0.491 e. The number of para-hydroxylation sites is 2. The Morgan fingerprint density at radius 1 is 1.37 bits per heavy atom. The van der Waals surface area contributed by atoms with Gasteiger partial charge < -0.3 is 15.8 Å². The van der Waals surface area contributed by atoms with Gasteiger partial charge in [-0.2, -0.15) is 0 Å². The molecule has 4 nitrogen and oxygen atoms in total. The molecular weight excluding hydrogens is 240 g/mol. The summed E-state index contributed by atoms with van der Waals surface area (Å²) in [6.45, 7) is 4.67. The van der Waals surface area contributed by atoms with Gasteiger partial charge in [-0.3, -0.25) is 4.79 Å². The lowest BCUT2D eigenvalue weighted by Crippen LogP contribution is -2.19. The van der Waals surface area contributed by atoms with Gasteiger partial charge in [-0.1, -0.05) is 32.4 Å². The lowest BCUT2D eigenvalue weighted by atomic mass is 10.1. The van der Waals surface area contributed by atoms with Crippen molar-refractivity contribution < 1.29 is 9.53 Å². The fourth-order valence-electron chi connectivity index (χ4n) is 1.92. The van der Waals surface area contributed by atoms with Crippen LogP contribution in [0, 0.1) is 0 Å². The van der Waals surface area contributed by atoms with Crippen LogP contribution in [0.25, 0.3) is 0 Å². The maximum Gasteiger partial charge on any atom is 0.220 e. The van der Waals surface area contributed by atoms with Crippen LogP contribution in [0.4, 0.5) is 5.69 Å². The lowest BCUT2D eigenvalue weighted by Gasteiger charge is -2.20. The summed E-state index contributed by atoms with van der Waals surface area (Å²) >= 11 is 0. The van der Waals surface area contributed by atoms with Crippen molar-refractivity contribution in [1.29, 1.82) is 0 Å². The second-order valence-corrected chi connectivity index (χ2v) is 4.60. The van der Waals surface area contributed by atoms with Crippen molar-refractivity contribution in [2.24, 2.45) is 5.73 Å². The van der Waals surface area contributed by atoms with Crippen molar-refractivity contribution in [3.63, 3.8) is 0 Å². The molecule has 1 unspecified atom stereocenters. The molecule has 4 heteroatoms. The molecule has 1 aromatic rings. The summed E-state index contributed by atoms with van der Waals surface area (Å²) in [5, 5.41) is 3.50. The van der Waals surface area contributed by atoms with Crippen LogP contribution in [-0.4, -0.2) is 18.6 Å². The fourth-order valence-corrected chi connectivity index (χ4v) is 1.92. The lowest BCUT2D eigenvalue weighted by molar-refractivity contribution is -0.118. The molecular formula is C15H24N2O2. The van der Waals surface area contributed by atoms with Gasteiger partial charge >= 0.3 is 0 Å². The summed E-state index contributed by atoms with van der Waals surface area (Å²) in [6, 6.07) is 8.25. The number of nitrogens with two attached hydrogens (primary N) is 1. The molecule has 0 aliphatic carbocycles. The number of rotatable bonds is 9. The quantitative estimate of drug-likeness (QED) is 0.720. The van der Waals surface area contributed by atoms with E-state index in [9.17, 15) is 4.79 Å². The monoisotopic (exact) mass is 264 g/mol. The summed E-state index contributed by atoms with van der Waals surface area (Å²) in [6.07, 6.45) is 3.59. The van der Waals surface area contributed by atoms with E-state index in [0.29, 0.717) is 12.6 Å². The van der Waals surface area contributed by atoms with E-state index in [-0.39, 0.29) is 12.3 Å². The molecule has 0 aromatic heterocycles. The van der Waals surface area contributed by atoms with Crippen LogP contribution in [0.3, 0.4) is 0 Å². The van der Waals surface area contributed by atoms with Gasteiger partial charge in [0, 0.05) is 6.04 Å². The van der Waals surface area contributed by atoms with Gasteiger partial charge in [0.2, 0.25) is 5.91 Å². The second kappa shape index (κ2) is 8.40. The molecule has 1 aromatic carbocycles. The topological polar surface area (TPSA) is 64.3 Å². The number of carbonyl (C=O) groups is 1. The number of carbonyl (C=O) groups excluding carboxylic acids is 1. The molecule has 1 amide bonds. The predicted octanol–water partition coefficient (Wildman–Crippen LogP) is 2.93. The van der Waals surface area contributed by atoms with E-state index in [1.807, 2.05) is 24.3 Å². The Kier molecular flexibility index (Phi) is 6.79. The third kappa shape index (κ3) is 5.64.